The average Bonchev–Trinajstić information content (AvgIpc) is 1.24. The Morgan fingerprint density at radius 2 is 0.701 bits per heavy atom. The van der Waals surface area contributed by atoms with E-state index in [1.165, 1.54) is 232 Å². The van der Waals surface area contributed by atoms with Gasteiger partial charge in [0.05, 0.1) is 8.80 Å². The Kier molecular flexibility index (Phi) is 226. The van der Waals surface area contributed by atoms with Crippen LogP contribution in [0.2, 0.25) is 34.5 Å². The van der Waals surface area contributed by atoms with Crippen molar-refractivity contribution in [1.29, 1.82) is 0 Å². The predicted octanol–water partition coefficient (Wildman–Crippen LogP) is 43.3. The molecule has 0 heterocycles. The summed E-state index contributed by atoms with van der Waals surface area (Å²) >= 11 is -1.55. The Morgan fingerprint density at radius 1 is 0.435 bits per heavy atom. The van der Waals surface area contributed by atoms with Crippen LogP contribution in [-0.2, 0) is 530 Å². The van der Waals surface area contributed by atoms with Crippen molar-refractivity contribution in [2.24, 2.45) is 11.3 Å². The summed E-state index contributed by atoms with van der Waals surface area (Å²) in [7, 11) is -1.08. The summed E-state index contributed by atoms with van der Waals surface area (Å²) in [4.78, 5) is 4.68. The zero-order valence-corrected chi connectivity index (χ0v) is 159. The molecule has 2 aliphatic carbocycles. The molecule has 3 aromatic carbocycles. The van der Waals surface area contributed by atoms with Crippen molar-refractivity contribution in [2.45, 2.75) is 388 Å². The van der Waals surface area contributed by atoms with Crippen LogP contribution in [-0.4, -0.2) is 82.5 Å². The molecule has 21 heteroatoms. The summed E-state index contributed by atoms with van der Waals surface area (Å²) in [6, 6.07) is 27.0. The number of unbranched alkanes of at least 4 members (excludes halogenated alkanes) is 1. The Balaban J connectivity index is -0.0000000394. The van der Waals surface area contributed by atoms with Crippen LogP contribution in [0.15, 0.2) is 246 Å². The van der Waals surface area contributed by atoms with E-state index in [2.05, 4.69) is 470 Å². The molecule has 147 heavy (non-hydrogen) atoms. The molecule has 0 bridgehead atoms. The average molecular weight is 3440 g/mol. The van der Waals surface area contributed by atoms with Gasteiger partial charge in [-0.05, 0) is 24.3 Å². The van der Waals surface area contributed by atoms with Crippen molar-refractivity contribution in [3.8, 4) is 0 Å². The monoisotopic (exact) mass is 3440 g/mol. The van der Waals surface area contributed by atoms with E-state index in [9.17, 15) is 0 Å². The Hall–Kier alpha value is 12.3. The van der Waals surface area contributed by atoms with Gasteiger partial charge in [-0.25, -0.2) is 170 Å². The standard InChI is InChI=1S/C13H17.C12H15.C11H13.C9H15.2C9H17.C8H13.C8H15.C7H13.C6H15P.C6H14P.2C6H11.C5H11Ge.C5H11Si.C3H5.CH4.2CH3.Sn.16Y/c1-9(2)12(5)13-10(3)7-6-8-11(13)4;1-10(2)11(3)9-12-7-5-4-6-8-12;1-9(2)10(3)11-7-5-4-6-8-11;1-8(2)9-6-4-3-5-7-9;1-7(2)8(3)9(4,5)6;1-5-6-7-9(4)8(2)3;1-7(2)8-5-3-4-6-8;1-6(2)8(5)7(3)4;1-5-7(4)6(2)3;2*1-6(2)7(3,4)5;4*1-5(2)6(3)4;1-3-2;;;;;;;;;;;;;;;;;;;;/h6-8H,5H2,1-4H3;4-8H,3,9H2,1-2H3;4-8H,3H2,1-2H3;1,3-7H2,2H3;3H2,1-2,4-6H3;4-7H2,1-3H3;1,3-6H2,2H3;6H,5H2,1-4H3;4-5H2,1-3H3;7H,1H2,2-5H3;3H2,1-2,4-5H3;4*1H2,2-4H3;1H2,2H3;1H4;2*1H3;;;;;;;;;;;;;;;;;/q9*-1;;3*-1;;;;;;;;;;;;;;;;;;;;;;;. The van der Waals surface area contributed by atoms with Crippen molar-refractivity contribution < 1.29 is 523 Å². The minimum Gasteiger partial charge on any atom is 0 e. The molecule has 3 aromatic rings. The van der Waals surface area contributed by atoms with Crippen molar-refractivity contribution >= 4 is 74.5 Å². The van der Waals surface area contributed by atoms with E-state index in [0.717, 1.165) is 24.0 Å². The molecule has 2 aliphatic rings. The van der Waals surface area contributed by atoms with Gasteiger partial charge in [-0.15, -0.1) is 133 Å². The molecule has 0 saturated heterocycles. The Morgan fingerprint density at radius 3 is 0.850 bits per heavy atom. The van der Waals surface area contributed by atoms with Crippen molar-refractivity contribution in [1.82, 2.24) is 0 Å². The zero-order valence-electron chi connectivity index (χ0n) is 105. The van der Waals surface area contributed by atoms with Gasteiger partial charge < -0.3 is 0 Å². The van der Waals surface area contributed by atoms with E-state index in [0.29, 0.717) is 5.92 Å². The molecule has 0 atom stereocenters. The first-order valence-corrected chi connectivity index (χ1v) is 69.2. The van der Waals surface area contributed by atoms with Crippen LogP contribution in [0.25, 0.3) is 11.1 Å². The fourth-order valence-electron chi connectivity index (χ4n) is 8.44. The van der Waals surface area contributed by atoms with Gasteiger partial charge in [0.1, 0.15) is 0 Å². The predicted molar refractivity (Wildman–Crippen MR) is 644 cm³/mol. The number of aryl methyl sites for hydroxylation is 2. The molecule has 19 radical (unpaired) electrons. The number of hydrogen-bond acceptors (Lipinski definition) is 0. The molecule has 2 fully saturated rings. The molecule has 5 rings (SSSR count). The fourth-order valence-corrected chi connectivity index (χ4v) is 8.44. The van der Waals surface area contributed by atoms with Crippen LogP contribution in [0.3, 0.4) is 0 Å². The third-order valence-corrected chi connectivity index (χ3v) is 37.4. The molecule has 0 unspecified atom stereocenters. The van der Waals surface area contributed by atoms with Gasteiger partial charge in [0.15, 0.2) is 0 Å². The van der Waals surface area contributed by atoms with Crippen molar-refractivity contribution in [3.05, 3.63) is 345 Å². The minimum atomic E-state index is -0.929. The maximum Gasteiger partial charge on any atom is 0 e. The maximum absolute atomic E-state index is 4.11. The Labute approximate surface area is 1350 Å². The van der Waals surface area contributed by atoms with Crippen molar-refractivity contribution in [2.75, 3.05) is 33.3 Å². The molecule has 809 valence electrons. The molecule has 0 aliphatic heterocycles. The van der Waals surface area contributed by atoms with Crippen LogP contribution in [0.4, 0.5) is 0 Å². The third kappa shape index (κ3) is 165. The summed E-state index contributed by atoms with van der Waals surface area (Å²) in [6.45, 7) is 152. The van der Waals surface area contributed by atoms with E-state index in [1.807, 2.05) is 38.1 Å². The van der Waals surface area contributed by atoms with Crippen LogP contribution < -0.4 is 0 Å². The molecule has 0 amide bonds. The fraction of sp³-hybridized carbons (Fsp3) is 0.516. The van der Waals surface area contributed by atoms with Gasteiger partial charge >= 0.3 is 137 Å². The van der Waals surface area contributed by atoms with Gasteiger partial charge in [0.2, 0.25) is 0 Å². The van der Waals surface area contributed by atoms with Gasteiger partial charge in [-0.3, -0.25) is 5.66 Å². The van der Waals surface area contributed by atoms with Gasteiger partial charge in [-0.2, -0.15) is 50.0 Å². The van der Waals surface area contributed by atoms with Crippen LogP contribution in [0.5, 0.6) is 0 Å². The van der Waals surface area contributed by atoms with E-state index in [-0.39, 0.29) is 545 Å². The third-order valence-electron chi connectivity index (χ3n) is 22.2. The Bertz CT molecular complexity index is 3500. The summed E-state index contributed by atoms with van der Waals surface area (Å²) in [6.07, 6.45) is 22.1. The first-order chi connectivity index (χ1) is 58.9. The van der Waals surface area contributed by atoms with E-state index < -0.39 is 48.3 Å². The first-order valence-electron chi connectivity index (χ1n) is 48.0. The molecule has 0 aromatic heterocycles. The maximum atomic E-state index is 4.11. The van der Waals surface area contributed by atoms with Crippen LogP contribution in [0, 0.1) is 95.9 Å². The molecule has 2 saturated carbocycles. The van der Waals surface area contributed by atoms with E-state index in [1.54, 1.807) is 11.8 Å². The smallest absolute Gasteiger partial charge is 0 e. The molecule has 0 N–H and O–H groups in total. The summed E-state index contributed by atoms with van der Waals surface area (Å²) < 4.78 is 2.88. The first kappa shape index (κ1) is 232. The molecule has 0 spiro atoms. The molecular weight excluding hydrogens is 3220 g/mol. The van der Waals surface area contributed by atoms with Crippen LogP contribution >= 0.6 is 14.1 Å². The van der Waals surface area contributed by atoms with Crippen molar-refractivity contribution in [3.63, 3.8) is 0 Å². The number of benzene rings is 3. The van der Waals surface area contributed by atoms with Gasteiger partial charge in [0.25, 0.3) is 0 Å². The van der Waals surface area contributed by atoms with E-state index in [4.69, 9.17) is 0 Å². The number of rotatable bonds is 25. The van der Waals surface area contributed by atoms with Gasteiger partial charge in [0, 0.05) is 523 Å². The summed E-state index contributed by atoms with van der Waals surface area (Å²) in [5.74, 6) is 20.4. The zero-order chi connectivity index (χ0) is 105. The molecular formula is C126H223GeP2SiSnY16-12. The largest absolute Gasteiger partial charge is 0 e. The topological polar surface area (TPSA) is 0 Å². The molecule has 0 nitrogen and oxygen atoms in total. The van der Waals surface area contributed by atoms with Crippen LogP contribution in [0.1, 0.15) is 361 Å². The normalized spacial score (nSPS) is 9.83. The summed E-state index contributed by atoms with van der Waals surface area (Å²) in [5.41, 5.74) is 21.8. The second-order valence-corrected chi connectivity index (χ2v) is 67.6. The van der Waals surface area contributed by atoms with E-state index >= 15 is 0 Å². The number of hydrogen-bond donors (Lipinski definition) is 0. The summed E-state index contributed by atoms with van der Waals surface area (Å²) in [5, 5.41) is 2.74. The van der Waals surface area contributed by atoms with Gasteiger partial charge in [-0.1, -0.05) is 324 Å². The quantitative estimate of drug-likeness (QED) is 0.0451. The SMILES string of the molecule is C.C=C(C)[C-](C)C.C=C(C)[C-](C)C.C=C(C)[C-]1CCCC1.C=C(C)[C-]1CCCCC1.C=C(C)[PH](C)(C)C.C=C(C)[Si](C)C.C=C(CC)[C-](C)C.C=C(CCCC)[C-](C)C.C=C(Cc1ccccc1)[C-](C)C.C=C([C-](C)C)C(C)(C)C.C=C([C-](C)C)C(C)C.C=C(c1c(C)cccc1C)[C-](C)C.C=C(c1ccccc1)[C-](C)C.C=P(C)(C)[C-](C)C.C=[C](C)[Ge]([CH3])[CH3].C=[C](C)[Sn]([CH3])[CH3].[Y].[Y].[Y].[Y].[Y].[Y].[Y].[Y].[Y].[Y].[Y].[Y].[Y].[Y].[Y].[Y]. The second-order valence-electron chi connectivity index (χ2n) is 41.0. The second kappa shape index (κ2) is 143. The minimum absolute atomic E-state index is 0. The number of allylic oxidation sites excluding steroid dienone is 15.